The molecular formula is C18H23N3O5S. The highest BCUT2D eigenvalue weighted by molar-refractivity contribution is 7.17. The molecule has 0 aromatic carbocycles. The molecule has 2 heterocycles. The van der Waals surface area contributed by atoms with Crippen molar-refractivity contribution in [1.29, 1.82) is 0 Å². The molecule has 3 rings (SSSR count). The Kier molecular flexibility index (Phi) is 5.59. The summed E-state index contributed by atoms with van der Waals surface area (Å²) in [5.41, 5.74) is 0.459. The first-order valence-corrected chi connectivity index (χ1v) is 9.99. The maximum Gasteiger partial charge on any atom is 0.350 e. The third kappa shape index (κ3) is 3.60. The molecule has 2 fully saturated rings. The predicted molar refractivity (Wildman–Crippen MR) is 98.2 cm³/mol. The molecule has 3 atom stereocenters. The topological polar surface area (TPSA) is 106 Å². The minimum Gasteiger partial charge on any atom is -0.462 e. The van der Waals surface area contributed by atoms with Gasteiger partial charge in [-0.1, -0.05) is 24.2 Å². The van der Waals surface area contributed by atoms with Gasteiger partial charge in [-0.3, -0.25) is 19.3 Å². The summed E-state index contributed by atoms with van der Waals surface area (Å²) in [6.07, 6.45) is 3.27. The van der Waals surface area contributed by atoms with Gasteiger partial charge in [0.25, 0.3) is 0 Å². The molecule has 1 aliphatic heterocycles. The van der Waals surface area contributed by atoms with Crippen LogP contribution in [0.15, 0.2) is 0 Å². The molecule has 27 heavy (non-hydrogen) atoms. The zero-order valence-electron chi connectivity index (χ0n) is 15.6. The summed E-state index contributed by atoms with van der Waals surface area (Å²) in [6, 6.07) is -0.925. The predicted octanol–water partition coefficient (Wildman–Crippen LogP) is 2.13. The van der Waals surface area contributed by atoms with Crippen LogP contribution in [-0.2, 0) is 19.1 Å². The Morgan fingerprint density at radius 3 is 2.41 bits per heavy atom. The first kappa shape index (κ1) is 19.5. The number of thiazole rings is 1. The maximum atomic E-state index is 12.6. The van der Waals surface area contributed by atoms with Crippen molar-refractivity contribution in [2.75, 3.05) is 11.9 Å². The van der Waals surface area contributed by atoms with E-state index in [9.17, 15) is 19.2 Å². The maximum absolute atomic E-state index is 12.6. The van der Waals surface area contributed by atoms with E-state index in [2.05, 4.69) is 10.3 Å². The van der Waals surface area contributed by atoms with E-state index in [4.69, 9.17) is 4.74 Å². The van der Waals surface area contributed by atoms with Crippen molar-refractivity contribution in [3.8, 4) is 0 Å². The lowest BCUT2D eigenvalue weighted by atomic mass is 9.81. The average Bonchev–Trinajstić information content (AvgIpc) is 3.13. The van der Waals surface area contributed by atoms with Gasteiger partial charge in [0, 0.05) is 0 Å². The summed E-state index contributed by atoms with van der Waals surface area (Å²) in [5.74, 6) is -2.09. The normalized spacial score (nSPS) is 23.1. The van der Waals surface area contributed by atoms with Crippen molar-refractivity contribution >= 4 is 40.2 Å². The number of hydrogen-bond acceptors (Lipinski definition) is 7. The summed E-state index contributed by atoms with van der Waals surface area (Å²) in [5, 5.41) is 2.85. The van der Waals surface area contributed by atoms with Crippen LogP contribution in [0.4, 0.5) is 5.13 Å². The number of likely N-dealkylation sites (tertiary alicyclic amines) is 1. The number of anilines is 1. The van der Waals surface area contributed by atoms with Crippen LogP contribution < -0.4 is 5.32 Å². The summed E-state index contributed by atoms with van der Waals surface area (Å²) >= 11 is 1.01. The molecule has 0 spiro atoms. The van der Waals surface area contributed by atoms with Gasteiger partial charge in [0.2, 0.25) is 17.7 Å². The molecule has 8 nitrogen and oxygen atoms in total. The van der Waals surface area contributed by atoms with Crippen molar-refractivity contribution in [2.24, 2.45) is 11.8 Å². The summed E-state index contributed by atoms with van der Waals surface area (Å²) < 4.78 is 4.96. The molecule has 0 radical (unpaired) electrons. The molecule has 3 amide bonds. The Labute approximate surface area is 161 Å². The van der Waals surface area contributed by atoms with E-state index in [-0.39, 0.29) is 35.4 Å². The van der Waals surface area contributed by atoms with Gasteiger partial charge in [0.1, 0.15) is 10.9 Å². The number of nitrogens with zero attached hydrogens (tertiary/aromatic N) is 2. The molecule has 1 aromatic rings. The van der Waals surface area contributed by atoms with Crippen LogP contribution in [0.3, 0.4) is 0 Å². The highest BCUT2D eigenvalue weighted by Crippen LogP contribution is 2.39. The summed E-state index contributed by atoms with van der Waals surface area (Å²) in [4.78, 5) is 55.3. The lowest BCUT2D eigenvalue weighted by Gasteiger charge is -2.21. The van der Waals surface area contributed by atoms with Gasteiger partial charge < -0.3 is 10.1 Å². The molecule has 146 valence electrons. The fourth-order valence-electron chi connectivity index (χ4n) is 3.73. The Morgan fingerprint density at radius 2 is 1.85 bits per heavy atom. The number of rotatable bonds is 5. The number of carbonyl (C=O) groups excluding carboxylic acids is 4. The number of hydrogen-bond donors (Lipinski definition) is 1. The minimum atomic E-state index is -0.925. The molecule has 1 aromatic heterocycles. The van der Waals surface area contributed by atoms with Gasteiger partial charge in [-0.05, 0) is 33.6 Å². The van der Waals surface area contributed by atoms with Gasteiger partial charge >= 0.3 is 5.97 Å². The van der Waals surface area contributed by atoms with Crippen LogP contribution in [0, 0.1) is 18.8 Å². The number of aromatic nitrogens is 1. The van der Waals surface area contributed by atoms with Crippen molar-refractivity contribution in [2.45, 2.75) is 52.5 Å². The number of ether oxygens (including phenoxy) is 1. The summed E-state index contributed by atoms with van der Waals surface area (Å²) in [7, 11) is 0. The number of amides is 3. The van der Waals surface area contributed by atoms with E-state index in [1.54, 1.807) is 13.8 Å². The minimum absolute atomic E-state index is 0.240. The Bertz CT molecular complexity index is 766. The van der Waals surface area contributed by atoms with E-state index >= 15 is 0 Å². The Hall–Kier alpha value is -2.29. The molecule has 9 heteroatoms. The molecule has 1 saturated carbocycles. The average molecular weight is 393 g/mol. The van der Waals surface area contributed by atoms with Crippen molar-refractivity contribution in [3.63, 3.8) is 0 Å². The van der Waals surface area contributed by atoms with Crippen LogP contribution in [0.1, 0.15) is 54.9 Å². The van der Waals surface area contributed by atoms with Gasteiger partial charge in [-0.15, -0.1) is 0 Å². The first-order chi connectivity index (χ1) is 12.8. The Morgan fingerprint density at radius 1 is 1.26 bits per heavy atom. The van der Waals surface area contributed by atoms with E-state index in [0.717, 1.165) is 29.1 Å². The number of esters is 1. The number of imide groups is 1. The highest BCUT2D eigenvalue weighted by Gasteiger charge is 2.50. The van der Waals surface area contributed by atoms with Crippen LogP contribution in [0.25, 0.3) is 0 Å². The van der Waals surface area contributed by atoms with Crippen molar-refractivity contribution < 1.29 is 23.9 Å². The molecular weight excluding hydrogens is 370 g/mol. The second kappa shape index (κ2) is 7.75. The molecule has 1 N–H and O–H groups in total. The SMILES string of the molecule is CCOC(=O)c1sc(NC(=O)C(C)N2C(=O)C3CCCCC3C2=O)nc1C. The molecule has 1 saturated heterocycles. The van der Waals surface area contributed by atoms with Crippen molar-refractivity contribution in [3.05, 3.63) is 10.6 Å². The summed E-state index contributed by atoms with van der Waals surface area (Å²) in [6.45, 7) is 5.14. The van der Waals surface area contributed by atoms with E-state index < -0.39 is 17.9 Å². The molecule has 1 aliphatic carbocycles. The lowest BCUT2D eigenvalue weighted by Crippen LogP contribution is -2.46. The Balaban J connectivity index is 1.71. The van der Waals surface area contributed by atoms with Gasteiger partial charge in [0.05, 0.1) is 24.1 Å². The van der Waals surface area contributed by atoms with Gasteiger partial charge in [-0.25, -0.2) is 9.78 Å². The molecule has 3 unspecified atom stereocenters. The van der Waals surface area contributed by atoms with Crippen molar-refractivity contribution in [1.82, 2.24) is 9.88 Å². The second-order valence-corrected chi connectivity index (χ2v) is 7.86. The monoisotopic (exact) mass is 393 g/mol. The molecule has 0 bridgehead atoms. The number of aryl methyl sites for hydroxylation is 1. The number of carbonyl (C=O) groups is 4. The molecule has 2 aliphatic rings. The van der Waals surface area contributed by atoms with Crippen LogP contribution in [0.5, 0.6) is 0 Å². The van der Waals surface area contributed by atoms with Crippen LogP contribution >= 0.6 is 11.3 Å². The third-order valence-electron chi connectivity index (χ3n) is 5.13. The van der Waals surface area contributed by atoms with E-state index in [0.29, 0.717) is 23.4 Å². The second-order valence-electron chi connectivity index (χ2n) is 6.86. The fourth-order valence-corrected chi connectivity index (χ4v) is 4.60. The third-order valence-corrected chi connectivity index (χ3v) is 6.18. The van der Waals surface area contributed by atoms with Gasteiger partial charge in [-0.2, -0.15) is 0 Å². The largest absolute Gasteiger partial charge is 0.462 e. The number of fused-ring (bicyclic) bond motifs is 1. The highest BCUT2D eigenvalue weighted by atomic mass is 32.1. The zero-order valence-corrected chi connectivity index (χ0v) is 16.4. The standard InChI is InChI=1S/C18H23N3O5S/c1-4-26-17(25)13-9(2)19-18(27-13)20-14(22)10(3)21-15(23)11-7-5-6-8-12(11)16(21)24/h10-12H,4-8H2,1-3H3,(H,19,20,22). The van der Waals surface area contributed by atoms with E-state index in [1.165, 1.54) is 6.92 Å². The number of nitrogens with one attached hydrogen (secondary N) is 1. The quantitative estimate of drug-likeness (QED) is 0.607. The lowest BCUT2D eigenvalue weighted by molar-refractivity contribution is -0.146. The van der Waals surface area contributed by atoms with Crippen LogP contribution in [0.2, 0.25) is 0 Å². The fraction of sp³-hybridized carbons (Fsp3) is 0.611. The zero-order chi connectivity index (χ0) is 19.7. The smallest absolute Gasteiger partial charge is 0.350 e. The van der Waals surface area contributed by atoms with Crippen LogP contribution in [-0.4, -0.2) is 46.2 Å². The van der Waals surface area contributed by atoms with Gasteiger partial charge in [0.15, 0.2) is 5.13 Å². The first-order valence-electron chi connectivity index (χ1n) is 9.17. The van der Waals surface area contributed by atoms with E-state index in [1.807, 2.05) is 0 Å².